The van der Waals surface area contributed by atoms with Gasteiger partial charge in [-0.25, -0.2) is 9.37 Å². The Kier molecular flexibility index (Phi) is 4.89. The fraction of sp³-hybridized carbons (Fsp3) is 0. The molecule has 3 heterocycles. The maximum absolute atomic E-state index is 13.6. The van der Waals surface area contributed by atoms with E-state index in [1.165, 1.54) is 35.9 Å². The molecule has 0 atom stereocenters. The standard InChI is InChI=1S/C22H12FN3O3S2/c23-14-7-8-16-19(10-14)31-22(25-16)26(21(28)18-6-3-9-30-18)24-11-13-12-29-17-5-2-1-4-15(17)20(13)27/h1-12H/b24-11+. The Morgan fingerprint density at radius 2 is 2.03 bits per heavy atom. The van der Waals surface area contributed by atoms with Gasteiger partial charge in [-0.2, -0.15) is 10.1 Å². The molecule has 0 radical (unpaired) electrons. The molecule has 31 heavy (non-hydrogen) atoms. The number of thiophene rings is 1. The van der Waals surface area contributed by atoms with Crippen molar-refractivity contribution >= 4 is 61.1 Å². The molecule has 0 fully saturated rings. The molecule has 0 saturated heterocycles. The number of carbonyl (C=O) groups excluding carboxylic acids is 1. The van der Waals surface area contributed by atoms with Crippen LogP contribution in [0.5, 0.6) is 0 Å². The van der Waals surface area contributed by atoms with Gasteiger partial charge in [0.1, 0.15) is 17.7 Å². The van der Waals surface area contributed by atoms with Crippen molar-refractivity contribution < 1.29 is 13.6 Å². The van der Waals surface area contributed by atoms with Crippen molar-refractivity contribution in [3.63, 3.8) is 0 Å². The second-order valence-corrected chi connectivity index (χ2v) is 8.42. The van der Waals surface area contributed by atoms with E-state index in [2.05, 4.69) is 10.1 Å². The highest BCUT2D eigenvalue weighted by molar-refractivity contribution is 7.22. The van der Waals surface area contributed by atoms with Crippen molar-refractivity contribution in [3.8, 4) is 0 Å². The summed E-state index contributed by atoms with van der Waals surface area (Å²) in [5, 5.41) is 7.84. The largest absolute Gasteiger partial charge is 0.463 e. The van der Waals surface area contributed by atoms with Gasteiger partial charge in [0, 0.05) is 0 Å². The quantitative estimate of drug-likeness (QED) is 0.276. The normalized spacial score (nSPS) is 11.5. The number of thiazole rings is 1. The van der Waals surface area contributed by atoms with Crippen molar-refractivity contribution in [2.24, 2.45) is 5.10 Å². The summed E-state index contributed by atoms with van der Waals surface area (Å²) in [6.07, 6.45) is 2.58. The van der Waals surface area contributed by atoms with Crippen LogP contribution in [0.2, 0.25) is 0 Å². The highest BCUT2D eigenvalue weighted by atomic mass is 32.1. The fourth-order valence-electron chi connectivity index (χ4n) is 2.97. The van der Waals surface area contributed by atoms with Gasteiger partial charge < -0.3 is 4.42 Å². The summed E-state index contributed by atoms with van der Waals surface area (Å²) in [4.78, 5) is 30.7. The molecule has 5 aromatic rings. The van der Waals surface area contributed by atoms with E-state index >= 15 is 0 Å². The molecule has 0 unspecified atom stereocenters. The third-order valence-corrected chi connectivity index (χ3v) is 6.32. The maximum Gasteiger partial charge on any atom is 0.290 e. The first-order chi connectivity index (χ1) is 15.1. The number of nitrogens with zero attached hydrogens (tertiary/aromatic N) is 3. The second-order valence-electron chi connectivity index (χ2n) is 6.46. The van der Waals surface area contributed by atoms with Crippen molar-refractivity contribution in [2.75, 3.05) is 5.01 Å². The molecule has 0 aliphatic heterocycles. The van der Waals surface area contributed by atoms with Gasteiger partial charge in [0.15, 0.2) is 0 Å². The summed E-state index contributed by atoms with van der Waals surface area (Å²) in [5.41, 5.74) is 0.936. The lowest BCUT2D eigenvalue weighted by atomic mass is 10.2. The van der Waals surface area contributed by atoms with Gasteiger partial charge in [0.2, 0.25) is 10.6 Å². The molecule has 0 spiro atoms. The number of anilines is 1. The molecule has 5 rings (SSSR count). The molecule has 1 amide bonds. The minimum Gasteiger partial charge on any atom is -0.463 e. The van der Waals surface area contributed by atoms with Crippen LogP contribution in [0.4, 0.5) is 9.52 Å². The number of benzene rings is 2. The van der Waals surface area contributed by atoms with Gasteiger partial charge in [-0.15, -0.1) is 11.3 Å². The van der Waals surface area contributed by atoms with E-state index in [0.717, 1.165) is 16.3 Å². The van der Waals surface area contributed by atoms with Crippen LogP contribution >= 0.6 is 22.7 Å². The summed E-state index contributed by atoms with van der Waals surface area (Å²) >= 11 is 2.39. The zero-order chi connectivity index (χ0) is 21.4. The van der Waals surface area contributed by atoms with Crippen LogP contribution in [0.25, 0.3) is 21.2 Å². The lowest BCUT2D eigenvalue weighted by molar-refractivity contribution is 0.0991. The molecule has 2 aromatic carbocycles. The number of carbonyl (C=O) groups is 1. The van der Waals surface area contributed by atoms with Crippen LogP contribution in [0, 0.1) is 5.82 Å². The molecule has 3 aromatic heterocycles. The number of para-hydroxylation sites is 1. The average Bonchev–Trinajstić information content (AvgIpc) is 3.45. The predicted molar refractivity (Wildman–Crippen MR) is 121 cm³/mol. The zero-order valence-electron chi connectivity index (χ0n) is 15.7. The molecule has 0 bridgehead atoms. The highest BCUT2D eigenvalue weighted by Crippen LogP contribution is 2.31. The van der Waals surface area contributed by atoms with E-state index in [9.17, 15) is 14.0 Å². The highest BCUT2D eigenvalue weighted by Gasteiger charge is 2.22. The molecule has 0 saturated carbocycles. The minimum absolute atomic E-state index is 0.190. The second kappa shape index (κ2) is 7.86. The van der Waals surface area contributed by atoms with E-state index in [1.807, 2.05) is 0 Å². The first kappa shape index (κ1) is 19.3. The van der Waals surface area contributed by atoms with Crippen molar-refractivity contribution in [1.29, 1.82) is 0 Å². The number of fused-ring (bicyclic) bond motifs is 2. The maximum atomic E-state index is 13.6. The Labute approximate surface area is 182 Å². The van der Waals surface area contributed by atoms with Crippen LogP contribution in [-0.2, 0) is 0 Å². The lowest BCUT2D eigenvalue weighted by Crippen LogP contribution is -2.25. The van der Waals surface area contributed by atoms with Gasteiger partial charge in [-0.05, 0) is 41.8 Å². The van der Waals surface area contributed by atoms with E-state index in [-0.39, 0.29) is 16.1 Å². The van der Waals surface area contributed by atoms with E-state index in [4.69, 9.17) is 4.42 Å². The predicted octanol–water partition coefficient (Wildman–Crippen LogP) is 5.28. The van der Waals surface area contributed by atoms with Crippen LogP contribution in [-0.4, -0.2) is 17.1 Å². The number of halogens is 1. The number of hydrogen-bond acceptors (Lipinski definition) is 7. The van der Waals surface area contributed by atoms with Gasteiger partial charge in [-0.3, -0.25) is 9.59 Å². The minimum atomic E-state index is -0.407. The summed E-state index contributed by atoms with van der Waals surface area (Å²) in [7, 11) is 0. The third-order valence-electron chi connectivity index (χ3n) is 4.46. The first-order valence-corrected chi connectivity index (χ1v) is 10.8. The summed E-state index contributed by atoms with van der Waals surface area (Å²) in [6.45, 7) is 0. The Hall–Kier alpha value is -3.69. The van der Waals surface area contributed by atoms with Gasteiger partial charge >= 0.3 is 0 Å². The van der Waals surface area contributed by atoms with E-state index in [1.54, 1.807) is 47.8 Å². The van der Waals surface area contributed by atoms with Gasteiger partial charge in [-0.1, -0.05) is 29.5 Å². The molecular weight excluding hydrogens is 437 g/mol. The van der Waals surface area contributed by atoms with Crippen LogP contribution in [0.1, 0.15) is 15.2 Å². The molecule has 0 N–H and O–H groups in total. The topological polar surface area (TPSA) is 75.8 Å². The van der Waals surface area contributed by atoms with Crippen LogP contribution in [0.15, 0.2) is 80.6 Å². The Balaban J connectivity index is 1.59. The van der Waals surface area contributed by atoms with E-state index < -0.39 is 11.7 Å². The molecule has 6 nitrogen and oxygen atoms in total. The number of aromatic nitrogens is 1. The average molecular weight is 449 g/mol. The molecule has 9 heteroatoms. The number of rotatable bonds is 4. The first-order valence-electron chi connectivity index (χ1n) is 9.09. The number of amides is 1. The van der Waals surface area contributed by atoms with Gasteiger partial charge in [0.25, 0.3) is 5.91 Å². The summed E-state index contributed by atoms with van der Waals surface area (Å²) in [5.74, 6) is -0.799. The SMILES string of the molecule is O=C(c1cccs1)N(/N=C/c1coc2ccccc2c1=O)c1nc2ccc(F)cc2s1. The van der Waals surface area contributed by atoms with Crippen molar-refractivity contribution in [2.45, 2.75) is 0 Å². The lowest BCUT2D eigenvalue weighted by Gasteiger charge is -2.12. The Morgan fingerprint density at radius 3 is 2.87 bits per heavy atom. The van der Waals surface area contributed by atoms with Crippen molar-refractivity contribution in [3.05, 3.63) is 92.7 Å². The Bertz CT molecular complexity index is 1510. The molecular formula is C22H12FN3O3S2. The molecule has 0 aliphatic carbocycles. The smallest absolute Gasteiger partial charge is 0.290 e. The summed E-state index contributed by atoms with van der Waals surface area (Å²) in [6, 6.07) is 14.5. The number of hydrogen-bond donors (Lipinski definition) is 0. The van der Waals surface area contributed by atoms with Crippen LogP contribution in [0.3, 0.4) is 0 Å². The molecule has 152 valence electrons. The fourth-order valence-corrected chi connectivity index (χ4v) is 4.57. The number of hydrazone groups is 1. The zero-order valence-corrected chi connectivity index (χ0v) is 17.3. The Morgan fingerprint density at radius 1 is 1.16 bits per heavy atom. The third kappa shape index (κ3) is 3.65. The van der Waals surface area contributed by atoms with Crippen LogP contribution < -0.4 is 10.4 Å². The van der Waals surface area contributed by atoms with Crippen molar-refractivity contribution in [1.82, 2.24) is 4.98 Å². The van der Waals surface area contributed by atoms with Gasteiger partial charge in [0.05, 0.1) is 32.3 Å². The summed E-state index contributed by atoms with van der Waals surface area (Å²) < 4.78 is 19.7. The van der Waals surface area contributed by atoms with E-state index in [0.29, 0.717) is 26.1 Å². The molecule has 0 aliphatic rings. The monoisotopic (exact) mass is 449 g/mol.